The van der Waals surface area contributed by atoms with Crippen molar-refractivity contribution >= 4 is 17.5 Å². The maximum atomic E-state index is 12.6. The molecule has 1 aromatic rings. The van der Waals surface area contributed by atoms with Gasteiger partial charge < -0.3 is 0 Å². The lowest BCUT2D eigenvalue weighted by Gasteiger charge is -2.25. The van der Waals surface area contributed by atoms with Gasteiger partial charge in [-0.2, -0.15) is 0 Å². The summed E-state index contributed by atoms with van der Waals surface area (Å²) in [5.41, 5.74) is 1.88. The molecule has 1 aliphatic heterocycles. The van der Waals surface area contributed by atoms with E-state index >= 15 is 0 Å². The number of nitrogens with zero attached hydrogens (tertiary/aromatic N) is 2. The Kier molecular flexibility index (Phi) is 2.96. The van der Waals surface area contributed by atoms with Gasteiger partial charge in [0.1, 0.15) is 12.7 Å². The van der Waals surface area contributed by atoms with Crippen LogP contribution in [0.1, 0.15) is 20.3 Å². The third-order valence-electron chi connectivity index (χ3n) is 4.31. The zero-order valence-electron chi connectivity index (χ0n) is 12.0. The Labute approximate surface area is 118 Å². The van der Waals surface area contributed by atoms with Gasteiger partial charge in [0.2, 0.25) is 11.8 Å². The number of carbonyl (C=O) groups is 2. The number of aryl methyl sites for hydroxylation is 1. The van der Waals surface area contributed by atoms with Crippen LogP contribution in [-0.2, 0) is 16.6 Å². The quantitative estimate of drug-likeness (QED) is 0.442. The highest BCUT2D eigenvalue weighted by atomic mass is 16.2. The molecule has 4 nitrogen and oxygen atoms in total. The van der Waals surface area contributed by atoms with Crippen molar-refractivity contribution in [1.82, 2.24) is 0 Å². The number of anilines is 1. The fourth-order valence-corrected chi connectivity index (χ4v) is 3.48. The number of hydrogen-bond donors (Lipinski definition) is 0. The van der Waals surface area contributed by atoms with Crippen molar-refractivity contribution in [1.29, 1.82) is 0 Å². The summed E-state index contributed by atoms with van der Waals surface area (Å²) in [6.45, 7) is 4.07. The minimum atomic E-state index is -0.197. The van der Waals surface area contributed by atoms with Crippen LogP contribution >= 0.6 is 0 Å². The van der Waals surface area contributed by atoms with Crippen molar-refractivity contribution in [2.75, 3.05) is 4.90 Å². The van der Waals surface area contributed by atoms with Gasteiger partial charge in [-0.3, -0.25) is 9.59 Å². The van der Waals surface area contributed by atoms with Gasteiger partial charge in [-0.1, -0.05) is 18.6 Å². The summed E-state index contributed by atoms with van der Waals surface area (Å²) in [5.74, 6) is -0.356. The average Bonchev–Trinajstić information content (AvgIpc) is 2.61. The smallest absolute Gasteiger partial charge is 0.238 e. The topological polar surface area (TPSA) is 41.3 Å². The molecule has 2 heterocycles. The van der Waals surface area contributed by atoms with Crippen LogP contribution in [0.25, 0.3) is 0 Å². The number of imide groups is 1. The van der Waals surface area contributed by atoms with Crippen LogP contribution in [-0.4, -0.2) is 11.8 Å². The zero-order chi connectivity index (χ0) is 14.4. The largest absolute Gasteiger partial charge is 0.274 e. The monoisotopic (exact) mass is 271 g/mol. The van der Waals surface area contributed by atoms with E-state index < -0.39 is 0 Å². The number of carbonyl (C=O) groups excluding carboxylic acids is 2. The second kappa shape index (κ2) is 4.54. The van der Waals surface area contributed by atoms with E-state index in [2.05, 4.69) is 6.08 Å². The van der Waals surface area contributed by atoms with Gasteiger partial charge in [0.05, 0.1) is 11.8 Å². The highest BCUT2D eigenvalue weighted by Gasteiger charge is 2.51. The summed E-state index contributed by atoms with van der Waals surface area (Å²) in [6.07, 6.45) is 6.53. The van der Waals surface area contributed by atoms with Crippen molar-refractivity contribution in [3.8, 4) is 0 Å². The van der Waals surface area contributed by atoms with Crippen LogP contribution < -0.4 is 9.47 Å². The van der Waals surface area contributed by atoms with E-state index in [4.69, 9.17) is 0 Å². The van der Waals surface area contributed by atoms with E-state index in [9.17, 15) is 9.59 Å². The Morgan fingerprint density at radius 2 is 2.05 bits per heavy atom. The van der Waals surface area contributed by atoms with E-state index in [1.165, 1.54) is 10.5 Å². The van der Waals surface area contributed by atoms with Crippen LogP contribution in [0.15, 0.2) is 36.2 Å². The fourth-order valence-electron chi connectivity index (χ4n) is 3.48. The molecule has 2 aliphatic rings. The normalized spacial score (nSPS) is 29.4. The average molecular weight is 271 g/mol. The van der Waals surface area contributed by atoms with Gasteiger partial charge in [-0.05, 0) is 25.3 Å². The third-order valence-corrected chi connectivity index (χ3v) is 4.31. The molecule has 0 aromatic carbocycles. The van der Waals surface area contributed by atoms with E-state index in [1.54, 1.807) is 0 Å². The lowest BCUT2D eigenvalue weighted by atomic mass is 9.76. The predicted molar refractivity (Wildman–Crippen MR) is 74.6 cm³/mol. The van der Waals surface area contributed by atoms with Crippen molar-refractivity contribution in [3.05, 3.63) is 36.2 Å². The van der Waals surface area contributed by atoms with Gasteiger partial charge in [0, 0.05) is 6.07 Å². The summed E-state index contributed by atoms with van der Waals surface area (Å²) < 4.78 is 1.85. The Morgan fingerprint density at radius 3 is 2.75 bits per heavy atom. The molecule has 0 N–H and O–H groups in total. The first-order valence-corrected chi connectivity index (χ1v) is 6.99. The van der Waals surface area contributed by atoms with Crippen LogP contribution in [0.5, 0.6) is 0 Å². The molecule has 1 saturated heterocycles. The van der Waals surface area contributed by atoms with Crippen molar-refractivity contribution in [3.63, 3.8) is 0 Å². The molecular weight excluding hydrogens is 252 g/mol. The Balaban J connectivity index is 2.01. The van der Waals surface area contributed by atoms with E-state index in [1.807, 2.05) is 50.0 Å². The van der Waals surface area contributed by atoms with Gasteiger partial charge in [0.15, 0.2) is 12.4 Å². The number of allylic oxidation sites excluding steroid dienone is 2. The summed E-state index contributed by atoms with van der Waals surface area (Å²) in [6, 6.07) is 3.67. The maximum absolute atomic E-state index is 12.6. The molecule has 0 bridgehead atoms. The zero-order valence-corrected chi connectivity index (χ0v) is 12.0. The Morgan fingerprint density at radius 1 is 1.30 bits per heavy atom. The number of pyridine rings is 1. The molecule has 0 spiro atoms. The van der Waals surface area contributed by atoms with E-state index in [-0.39, 0.29) is 29.6 Å². The Bertz CT molecular complexity index is 621. The summed E-state index contributed by atoms with van der Waals surface area (Å²) >= 11 is 0. The highest BCUT2D eigenvalue weighted by Crippen LogP contribution is 2.42. The van der Waals surface area contributed by atoms with Crippen LogP contribution in [0, 0.1) is 17.8 Å². The molecule has 2 amide bonds. The molecule has 0 saturated carbocycles. The van der Waals surface area contributed by atoms with Crippen molar-refractivity contribution in [2.45, 2.75) is 20.3 Å². The molecule has 0 unspecified atom stereocenters. The highest BCUT2D eigenvalue weighted by molar-refractivity contribution is 6.22. The molecule has 1 aliphatic carbocycles. The minimum Gasteiger partial charge on any atom is -0.274 e. The Hall–Kier alpha value is -1.97. The lowest BCUT2D eigenvalue weighted by Crippen LogP contribution is -2.35. The fraction of sp³-hybridized carbons (Fsp3) is 0.438. The molecule has 1 aromatic heterocycles. The number of rotatable bonds is 1. The first-order chi connectivity index (χ1) is 9.49. The summed E-state index contributed by atoms with van der Waals surface area (Å²) in [7, 11) is 1.88. The van der Waals surface area contributed by atoms with Crippen LogP contribution in [0.2, 0.25) is 0 Å². The lowest BCUT2D eigenvalue weighted by molar-refractivity contribution is -0.670. The van der Waals surface area contributed by atoms with Crippen molar-refractivity contribution < 1.29 is 14.2 Å². The standard InChI is InChI=1S/C16H19N2O2/c1-10-7-11(2)14-13(8-10)15(19)18(16(14)20)12-5-4-6-17(3)9-12/h4-7,9,11,13-14H,8H2,1-3H3/q+1/t11-,13+,14+/m0/s1. The molecule has 0 radical (unpaired) electrons. The van der Waals surface area contributed by atoms with Gasteiger partial charge >= 0.3 is 0 Å². The number of fused-ring (bicyclic) bond motifs is 1. The maximum Gasteiger partial charge on any atom is 0.238 e. The molecule has 1 fully saturated rings. The third kappa shape index (κ3) is 1.87. The second-order valence-corrected chi connectivity index (χ2v) is 5.95. The predicted octanol–water partition coefficient (Wildman–Crippen LogP) is 1.60. The first kappa shape index (κ1) is 13.0. The number of aromatic nitrogens is 1. The van der Waals surface area contributed by atoms with Crippen molar-refractivity contribution in [2.24, 2.45) is 24.8 Å². The molecular formula is C16H19N2O2+. The molecule has 3 atom stereocenters. The van der Waals surface area contributed by atoms with E-state index in [0.717, 1.165) is 0 Å². The second-order valence-electron chi connectivity index (χ2n) is 5.95. The molecule has 3 rings (SSSR count). The van der Waals surface area contributed by atoms with Crippen LogP contribution in [0.3, 0.4) is 0 Å². The molecule has 4 heteroatoms. The first-order valence-electron chi connectivity index (χ1n) is 6.99. The SMILES string of the molecule is CC1=C[C@H](C)[C@H]2C(=O)N(c3ccc[n+](C)c3)C(=O)[C@@H]2C1. The number of amides is 2. The van der Waals surface area contributed by atoms with Gasteiger partial charge in [0.25, 0.3) is 0 Å². The minimum absolute atomic E-state index is 0.0505. The summed E-state index contributed by atoms with van der Waals surface area (Å²) in [5, 5.41) is 0. The molecule has 20 heavy (non-hydrogen) atoms. The molecule has 104 valence electrons. The van der Waals surface area contributed by atoms with Crippen LogP contribution in [0.4, 0.5) is 5.69 Å². The van der Waals surface area contributed by atoms with Gasteiger partial charge in [-0.15, -0.1) is 0 Å². The number of hydrogen-bond acceptors (Lipinski definition) is 2. The summed E-state index contributed by atoms with van der Waals surface area (Å²) in [4.78, 5) is 26.6. The van der Waals surface area contributed by atoms with E-state index in [0.29, 0.717) is 12.1 Å². The van der Waals surface area contributed by atoms with Gasteiger partial charge in [-0.25, -0.2) is 9.47 Å².